The van der Waals surface area contributed by atoms with Crippen LogP contribution in [-0.2, 0) is 4.74 Å². The van der Waals surface area contributed by atoms with Gasteiger partial charge >= 0.3 is 0 Å². The Kier molecular flexibility index (Phi) is 5.11. The monoisotopic (exact) mass is 332 g/mol. The zero-order valence-corrected chi connectivity index (χ0v) is 15.6. The van der Waals surface area contributed by atoms with E-state index in [0.717, 1.165) is 51.8 Å². The standard InChI is InChI=1S/C19H32N4O/c1-18(2)11-15(5-7-20-12-18)16-6-8-21-17(22-16)23-9-10-24-14-19(3,4)13-23/h6,8,15,20H,5,7,9-14H2,1-4H3. The maximum Gasteiger partial charge on any atom is 0.225 e. The summed E-state index contributed by atoms with van der Waals surface area (Å²) in [5.74, 6) is 1.37. The van der Waals surface area contributed by atoms with Crippen LogP contribution < -0.4 is 10.2 Å². The zero-order chi connectivity index (χ0) is 17.2. The molecule has 1 N–H and O–H groups in total. The van der Waals surface area contributed by atoms with Gasteiger partial charge in [0, 0.05) is 42.9 Å². The van der Waals surface area contributed by atoms with Crippen LogP contribution in [0.3, 0.4) is 0 Å². The van der Waals surface area contributed by atoms with E-state index in [1.807, 2.05) is 6.20 Å². The van der Waals surface area contributed by atoms with Gasteiger partial charge in [0.05, 0.1) is 13.2 Å². The predicted octanol–water partition coefficient (Wildman–Crippen LogP) is 2.83. The molecule has 5 nitrogen and oxygen atoms in total. The number of hydrogen-bond donors (Lipinski definition) is 1. The Morgan fingerprint density at radius 1 is 1.25 bits per heavy atom. The first kappa shape index (κ1) is 17.6. The maximum absolute atomic E-state index is 5.75. The Morgan fingerprint density at radius 3 is 2.92 bits per heavy atom. The molecule has 0 spiro atoms. The van der Waals surface area contributed by atoms with Gasteiger partial charge in [-0.25, -0.2) is 9.97 Å². The quantitative estimate of drug-likeness (QED) is 0.902. The molecule has 3 heterocycles. The number of hydrogen-bond acceptors (Lipinski definition) is 5. The lowest BCUT2D eigenvalue weighted by Gasteiger charge is -2.29. The number of aromatic nitrogens is 2. The van der Waals surface area contributed by atoms with E-state index in [0.29, 0.717) is 11.3 Å². The molecular weight excluding hydrogens is 300 g/mol. The maximum atomic E-state index is 5.75. The van der Waals surface area contributed by atoms with Crippen molar-refractivity contribution in [1.82, 2.24) is 15.3 Å². The molecule has 3 rings (SSSR count). The molecule has 24 heavy (non-hydrogen) atoms. The molecule has 2 saturated heterocycles. The lowest BCUT2D eigenvalue weighted by Crippen LogP contribution is -2.36. The van der Waals surface area contributed by atoms with Crippen LogP contribution in [0.4, 0.5) is 5.95 Å². The Morgan fingerprint density at radius 2 is 2.08 bits per heavy atom. The van der Waals surface area contributed by atoms with Gasteiger partial charge in [-0.3, -0.25) is 0 Å². The molecular formula is C19H32N4O. The highest BCUT2D eigenvalue weighted by Gasteiger charge is 2.30. The van der Waals surface area contributed by atoms with Gasteiger partial charge < -0.3 is 15.0 Å². The van der Waals surface area contributed by atoms with Gasteiger partial charge in [-0.05, 0) is 30.9 Å². The minimum absolute atomic E-state index is 0.129. The molecule has 1 atom stereocenters. The molecule has 0 amide bonds. The van der Waals surface area contributed by atoms with Crippen LogP contribution in [0.2, 0.25) is 0 Å². The summed E-state index contributed by atoms with van der Waals surface area (Å²) in [5, 5.41) is 3.56. The molecule has 0 radical (unpaired) electrons. The van der Waals surface area contributed by atoms with Crippen molar-refractivity contribution in [2.45, 2.75) is 46.5 Å². The average Bonchev–Trinajstić information content (AvgIpc) is 2.82. The van der Waals surface area contributed by atoms with Gasteiger partial charge in [0.1, 0.15) is 0 Å². The van der Waals surface area contributed by atoms with Crippen LogP contribution in [0.15, 0.2) is 12.3 Å². The highest BCUT2D eigenvalue weighted by atomic mass is 16.5. The van der Waals surface area contributed by atoms with Crippen LogP contribution >= 0.6 is 0 Å². The molecule has 0 aliphatic carbocycles. The second kappa shape index (κ2) is 6.96. The largest absolute Gasteiger partial charge is 0.379 e. The van der Waals surface area contributed by atoms with Crippen molar-refractivity contribution in [3.63, 3.8) is 0 Å². The topological polar surface area (TPSA) is 50.3 Å². The fourth-order valence-corrected chi connectivity index (χ4v) is 3.87. The minimum atomic E-state index is 0.129. The van der Waals surface area contributed by atoms with E-state index in [1.54, 1.807) is 0 Å². The molecule has 1 aromatic rings. The molecule has 0 bridgehead atoms. The van der Waals surface area contributed by atoms with E-state index in [9.17, 15) is 0 Å². The highest BCUT2D eigenvalue weighted by Crippen LogP contribution is 2.35. The fraction of sp³-hybridized carbons (Fsp3) is 0.789. The second-order valence-corrected chi connectivity index (χ2v) is 8.95. The third kappa shape index (κ3) is 4.45. The Labute approximate surface area is 146 Å². The number of anilines is 1. The fourth-order valence-electron chi connectivity index (χ4n) is 3.87. The van der Waals surface area contributed by atoms with Crippen molar-refractivity contribution in [3.05, 3.63) is 18.0 Å². The van der Waals surface area contributed by atoms with Crippen molar-refractivity contribution in [2.24, 2.45) is 10.8 Å². The summed E-state index contributed by atoms with van der Waals surface area (Å²) >= 11 is 0. The molecule has 5 heteroatoms. The Hall–Kier alpha value is -1.20. The van der Waals surface area contributed by atoms with Crippen molar-refractivity contribution >= 4 is 5.95 Å². The minimum Gasteiger partial charge on any atom is -0.379 e. The highest BCUT2D eigenvalue weighted by molar-refractivity contribution is 5.32. The number of ether oxygens (including phenoxy) is 1. The van der Waals surface area contributed by atoms with Crippen LogP contribution in [-0.4, -0.2) is 49.4 Å². The average molecular weight is 332 g/mol. The SMILES string of the molecule is CC1(C)CNCCC(c2ccnc(N3CCOCC(C)(C)C3)n2)C1. The first-order valence-corrected chi connectivity index (χ1v) is 9.21. The van der Waals surface area contributed by atoms with E-state index in [1.165, 1.54) is 12.1 Å². The van der Waals surface area contributed by atoms with E-state index in [2.05, 4.69) is 49.0 Å². The third-order valence-corrected chi connectivity index (χ3v) is 5.05. The molecule has 1 unspecified atom stereocenters. The van der Waals surface area contributed by atoms with Gasteiger partial charge in [0.2, 0.25) is 5.95 Å². The van der Waals surface area contributed by atoms with Crippen LogP contribution in [0.1, 0.15) is 52.1 Å². The Bertz CT molecular complexity index is 513. The van der Waals surface area contributed by atoms with Gasteiger partial charge in [-0.1, -0.05) is 27.7 Å². The molecule has 0 saturated carbocycles. The normalized spacial score (nSPS) is 27.3. The smallest absolute Gasteiger partial charge is 0.225 e. The van der Waals surface area contributed by atoms with E-state index >= 15 is 0 Å². The van der Waals surface area contributed by atoms with Gasteiger partial charge in [-0.2, -0.15) is 0 Å². The third-order valence-electron chi connectivity index (χ3n) is 5.05. The van der Waals surface area contributed by atoms with E-state index < -0.39 is 0 Å². The summed E-state index contributed by atoms with van der Waals surface area (Å²) in [6.45, 7) is 14.7. The number of nitrogens with one attached hydrogen (secondary N) is 1. The molecule has 2 fully saturated rings. The summed E-state index contributed by atoms with van der Waals surface area (Å²) < 4.78 is 5.75. The molecule has 134 valence electrons. The molecule has 2 aliphatic rings. The molecule has 1 aromatic heterocycles. The van der Waals surface area contributed by atoms with Gasteiger partial charge in [0.15, 0.2) is 0 Å². The van der Waals surface area contributed by atoms with Crippen molar-refractivity contribution in [2.75, 3.05) is 44.3 Å². The zero-order valence-electron chi connectivity index (χ0n) is 15.6. The van der Waals surface area contributed by atoms with Crippen molar-refractivity contribution in [3.8, 4) is 0 Å². The van der Waals surface area contributed by atoms with Crippen LogP contribution in [0.25, 0.3) is 0 Å². The first-order chi connectivity index (χ1) is 11.3. The summed E-state index contributed by atoms with van der Waals surface area (Å²) in [6, 6.07) is 2.11. The lowest BCUT2D eigenvalue weighted by molar-refractivity contribution is 0.0893. The second-order valence-electron chi connectivity index (χ2n) is 8.95. The van der Waals surface area contributed by atoms with Gasteiger partial charge in [-0.15, -0.1) is 0 Å². The summed E-state index contributed by atoms with van der Waals surface area (Å²) in [5.41, 5.74) is 1.63. The van der Waals surface area contributed by atoms with Crippen LogP contribution in [0, 0.1) is 10.8 Å². The van der Waals surface area contributed by atoms with Crippen LogP contribution in [0.5, 0.6) is 0 Å². The molecule has 0 aromatic carbocycles. The number of nitrogens with zero attached hydrogens (tertiary/aromatic N) is 3. The van der Waals surface area contributed by atoms with E-state index in [4.69, 9.17) is 9.72 Å². The van der Waals surface area contributed by atoms with Gasteiger partial charge in [0.25, 0.3) is 0 Å². The van der Waals surface area contributed by atoms with E-state index in [-0.39, 0.29) is 5.41 Å². The predicted molar refractivity (Wildman–Crippen MR) is 97.5 cm³/mol. The summed E-state index contributed by atoms with van der Waals surface area (Å²) in [7, 11) is 0. The summed E-state index contributed by atoms with van der Waals surface area (Å²) in [4.78, 5) is 11.8. The molecule has 2 aliphatic heterocycles. The van der Waals surface area contributed by atoms with Crippen molar-refractivity contribution < 1.29 is 4.74 Å². The van der Waals surface area contributed by atoms with Crippen molar-refractivity contribution in [1.29, 1.82) is 0 Å². The number of rotatable bonds is 2. The lowest BCUT2D eigenvalue weighted by atomic mass is 9.81. The first-order valence-electron chi connectivity index (χ1n) is 9.21. The Balaban J connectivity index is 1.80. The summed E-state index contributed by atoms with van der Waals surface area (Å²) in [6.07, 6.45) is 4.25.